The lowest BCUT2D eigenvalue weighted by molar-refractivity contribution is -0.133. The zero-order valence-electron chi connectivity index (χ0n) is 14.5. The second-order valence-corrected chi connectivity index (χ2v) is 10.1. The number of nitrogens with zero attached hydrogens (tertiary/aromatic N) is 1. The van der Waals surface area contributed by atoms with Gasteiger partial charge in [-0.15, -0.1) is 0 Å². The van der Waals surface area contributed by atoms with E-state index < -0.39 is 22.0 Å². The highest BCUT2D eigenvalue weighted by molar-refractivity contribution is 6.75. The predicted molar refractivity (Wildman–Crippen MR) is 102 cm³/mol. The Balaban J connectivity index is 1.67. The Kier molecular flexibility index (Phi) is 3.86. The highest BCUT2D eigenvalue weighted by atomic mass is 35.6. The van der Waals surface area contributed by atoms with Gasteiger partial charge in [-0.1, -0.05) is 53.0 Å². The normalized spacial score (nSPS) is 36.2. The molecule has 2 bridgehead atoms. The molecule has 2 heterocycles. The summed E-state index contributed by atoms with van der Waals surface area (Å²) in [6, 6.07) is 3.99. The van der Waals surface area contributed by atoms with Gasteiger partial charge in [0, 0.05) is 22.9 Å². The largest absolute Gasteiger partial charge is 0.482 e. The molecular weight excluding hydrogens is 413 g/mol. The molecule has 27 heavy (non-hydrogen) atoms. The first-order chi connectivity index (χ1) is 12.7. The van der Waals surface area contributed by atoms with E-state index in [2.05, 4.69) is 18.0 Å². The van der Waals surface area contributed by atoms with Crippen LogP contribution in [0.5, 0.6) is 11.5 Å². The van der Waals surface area contributed by atoms with Crippen molar-refractivity contribution >= 4 is 40.8 Å². The van der Waals surface area contributed by atoms with E-state index in [0.29, 0.717) is 11.8 Å². The monoisotopic (exact) mass is 429 g/mol. The number of ether oxygens (including phenoxy) is 2. The minimum atomic E-state index is -2.17. The fourth-order valence-electron chi connectivity index (χ4n) is 5.47. The average molecular weight is 431 g/mol. The zero-order valence-corrected chi connectivity index (χ0v) is 16.8. The maximum atomic E-state index is 12.1. The van der Waals surface area contributed by atoms with Crippen molar-refractivity contribution in [2.24, 2.45) is 5.92 Å². The van der Waals surface area contributed by atoms with Gasteiger partial charge in [0.2, 0.25) is 0 Å². The molecule has 0 aromatic heterocycles. The second-order valence-electron chi connectivity index (χ2n) is 7.80. The number of piperidine rings is 1. The number of hydrogen-bond donors (Lipinski definition) is 1. The lowest BCUT2D eigenvalue weighted by atomic mass is 9.53. The number of likely N-dealkylation sites (tertiary alicyclic amines) is 1. The van der Waals surface area contributed by atoms with Crippen molar-refractivity contribution in [3.05, 3.63) is 35.4 Å². The third-order valence-electron chi connectivity index (χ3n) is 6.57. The molecule has 0 amide bonds. The number of rotatable bonds is 1. The van der Waals surface area contributed by atoms with Gasteiger partial charge >= 0.3 is 5.97 Å². The number of esters is 1. The smallest absolute Gasteiger partial charge is 0.364 e. The van der Waals surface area contributed by atoms with Gasteiger partial charge in [-0.25, -0.2) is 4.79 Å². The third kappa shape index (κ3) is 2.36. The van der Waals surface area contributed by atoms with Gasteiger partial charge in [0.25, 0.3) is 3.79 Å². The van der Waals surface area contributed by atoms with E-state index in [1.807, 2.05) is 12.1 Å². The maximum Gasteiger partial charge on any atom is 0.364 e. The minimum absolute atomic E-state index is 0.233. The SMILES string of the molecule is CN1CC[C@]23c4c5ccc(OC(=O)C(Cl)(Cl)Cl)c4O[C@H]2[C@@H](O)C=C[C@H]3[C@H]1C5. The number of alkyl halides is 3. The number of hydrogen-bond acceptors (Lipinski definition) is 5. The van der Waals surface area contributed by atoms with Gasteiger partial charge in [0.15, 0.2) is 11.5 Å². The van der Waals surface area contributed by atoms with E-state index in [4.69, 9.17) is 44.3 Å². The molecule has 8 heteroatoms. The summed E-state index contributed by atoms with van der Waals surface area (Å²) < 4.78 is 9.43. The standard InChI is InChI=1S/C19H18Cl3NO4/c1-23-7-6-18-10-3-4-12(24)16(18)27-15-13(26-17(25)19(20,21)22)5-2-9(14(15)18)8-11(10)23/h2-5,10-12,16,24H,6-8H2,1H3/t10-,11+,12-,16-,18-/m0/s1. The number of carbonyl (C=O) groups is 1. The molecule has 0 saturated carbocycles. The highest BCUT2D eigenvalue weighted by Gasteiger charge is 2.64. The molecule has 0 unspecified atom stereocenters. The summed E-state index contributed by atoms with van der Waals surface area (Å²) in [5, 5.41) is 10.7. The van der Waals surface area contributed by atoms with Crippen molar-refractivity contribution in [2.45, 2.75) is 40.3 Å². The molecule has 1 aromatic carbocycles. The number of halogens is 3. The first-order valence-corrected chi connectivity index (χ1v) is 10.1. The van der Waals surface area contributed by atoms with Gasteiger partial charge in [0.1, 0.15) is 12.2 Å². The molecule has 5 rings (SSSR count). The number of aliphatic hydroxyl groups is 1. The van der Waals surface area contributed by atoms with Crippen LogP contribution in [0.2, 0.25) is 0 Å². The Morgan fingerprint density at radius 2 is 2.15 bits per heavy atom. The van der Waals surface area contributed by atoms with Gasteiger partial charge in [-0.3, -0.25) is 0 Å². The van der Waals surface area contributed by atoms with Crippen LogP contribution in [-0.2, 0) is 16.6 Å². The molecule has 1 fully saturated rings. The summed E-state index contributed by atoms with van der Waals surface area (Å²) >= 11 is 17.0. The van der Waals surface area contributed by atoms with Crippen molar-refractivity contribution < 1.29 is 19.4 Å². The quantitative estimate of drug-likeness (QED) is 0.321. The Bertz CT molecular complexity index is 867. The molecule has 5 nitrogen and oxygen atoms in total. The Labute approximate surface area is 171 Å². The molecule has 1 aromatic rings. The molecule has 1 N–H and O–H groups in total. The summed E-state index contributed by atoms with van der Waals surface area (Å²) in [7, 11) is 2.14. The number of carbonyl (C=O) groups excluding carboxylic acids is 1. The van der Waals surface area contributed by atoms with Crippen molar-refractivity contribution in [1.29, 1.82) is 0 Å². The van der Waals surface area contributed by atoms with Gasteiger partial charge in [-0.2, -0.15) is 0 Å². The van der Waals surface area contributed by atoms with Gasteiger partial charge in [0.05, 0.1) is 0 Å². The summed E-state index contributed by atoms with van der Waals surface area (Å²) in [6.07, 6.45) is 4.55. The summed E-state index contributed by atoms with van der Waals surface area (Å²) in [5.74, 6) is -0.0162. The van der Waals surface area contributed by atoms with Crippen LogP contribution in [-0.4, -0.2) is 51.6 Å². The molecule has 5 atom stereocenters. The van der Waals surface area contributed by atoms with Crippen LogP contribution < -0.4 is 9.47 Å². The molecule has 2 aliphatic heterocycles. The predicted octanol–water partition coefficient (Wildman–Crippen LogP) is 2.77. The Morgan fingerprint density at radius 1 is 1.37 bits per heavy atom. The van der Waals surface area contributed by atoms with Crippen LogP contribution in [0.3, 0.4) is 0 Å². The van der Waals surface area contributed by atoms with E-state index >= 15 is 0 Å². The van der Waals surface area contributed by atoms with Crippen LogP contribution in [0.25, 0.3) is 0 Å². The average Bonchev–Trinajstić information content (AvgIpc) is 2.96. The second kappa shape index (κ2) is 5.77. The lowest BCUT2D eigenvalue weighted by Crippen LogP contribution is -2.64. The van der Waals surface area contributed by atoms with Gasteiger partial charge < -0.3 is 19.5 Å². The van der Waals surface area contributed by atoms with E-state index in [1.54, 1.807) is 6.07 Å². The van der Waals surface area contributed by atoms with Crippen molar-refractivity contribution in [3.8, 4) is 11.5 Å². The lowest BCUT2D eigenvalue weighted by Gasteiger charge is -2.56. The first kappa shape index (κ1) is 18.1. The molecule has 2 aliphatic carbocycles. The first-order valence-electron chi connectivity index (χ1n) is 8.92. The van der Waals surface area contributed by atoms with Crippen LogP contribution in [0.4, 0.5) is 0 Å². The van der Waals surface area contributed by atoms with Crippen LogP contribution >= 0.6 is 34.8 Å². The topological polar surface area (TPSA) is 59.0 Å². The summed E-state index contributed by atoms with van der Waals surface area (Å²) in [5.41, 5.74) is 1.88. The maximum absolute atomic E-state index is 12.1. The van der Waals surface area contributed by atoms with E-state index in [1.165, 1.54) is 0 Å². The van der Waals surface area contributed by atoms with E-state index in [9.17, 15) is 9.90 Å². The molecule has 4 aliphatic rings. The Hall–Kier alpha value is -0.980. The molecule has 1 spiro atoms. The van der Waals surface area contributed by atoms with Crippen molar-refractivity contribution in [1.82, 2.24) is 4.90 Å². The molecule has 0 radical (unpaired) electrons. The number of likely N-dealkylation sites (N-methyl/N-ethyl adjacent to an activating group) is 1. The van der Waals surface area contributed by atoms with Crippen molar-refractivity contribution in [3.63, 3.8) is 0 Å². The fraction of sp³-hybridized carbons (Fsp3) is 0.526. The third-order valence-corrected chi connectivity index (χ3v) is 7.03. The Morgan fingerprint density at radius 3 is 2.89 bits per heavy atom. The fourth-order valence-corrected chi connectivity index (χ4v) is 5.58. The molecule has 144 valence electrons. The highest BCUT2D eigenvalue weighted by Crippen LogP contribution is 2.62. The van der Waals surface area contributed by atoms with Crippen LogP contribution in [0, 0.1) is 5.92 Å². The van der Waals surface area contributed by atoms with E-state index in [0.717, 1.165) is 30.5 Å². The minimum Gasteiger partial charge on any atom is -0.482 e. The zero-order chi connectivity index (χ0) is 19.1. The molecular formula is C19H18Cl3NO4. The van der Waals surface area contributed by atoms with E-state index in [-0.39, 0.29) is 17.1 Å². The van der Waals surface area contributed by atoms with Crippen LogP contribution in [0.1, 0.15) is 17.5 Å². The summed E-state index contributed by atoms with van der Waals surface area (Å²) in [4.78, 5) is 14.5. The summed E-state index contributed by atoms with van der Waals surface area (Å²) in [6.45, 7) is 0.915. The van der Waals surface area contributed by atoms with Crippen molar-refractivity contribution in [2.75, 3.05) is 13.6 Å². The molecule has 1 saturated heterocycles. The van der Waals surface area contributed by atoms with Crippen LogP contribution in [0.15, 0.2) is 24.3 Å². The number of aliphatic hydroxyl groups excluding tert-OH is 1. The number of benzene rings is 1. The van der Waals surface area contributed by atoms with Gasteiger partial charge in [-0.05, 0) is 38.1 Å².